The van der Waals surface area contributed by atoms with Crippen molar-refractivity contribution in [1.82, 2.24) is 19.1 Å². The van der Waals surface area contributed by atoms with Crippen molar-refractivity contribution in [1.29, 1.82) is 0 Å². The molecular formula is C16H23N5O2. The summed E-state index contributed by atoms with van der Waals surface area (Å²) in [4.78, 5) is 33.2. The number of rotatable bonds is 1. The molecule has 0 aromatic carbocycles. The quantitative estimate of drug-likeness (QED) is 0.855. The van der Waals surface area contributed by atoms with Gasteiger partial charge in [-0.25, -0.2) is 4.79 Å². The van der Waals surface area contributed by atoms with E-state index in [1.54, 1.807) is 7.05 Å². The van der Waals surface area contributed by atoms with Crippen LogP contribution in [-0.4, -0.2) is 32.2 Å². The van der Waals surface area contributed by atoms with Gasteiger partial charge in [-0.2, -0.15) is 4.98 Å². The molecule has 2 aromatic rings. The second-order valence-electron chi connectivity index (χ2n) is 7.19. The van der Waals surface area contributed by atoms with Crippen LogP contribution < -0.4 is 16.1 Å². The maximum Gasteiger partial charge on any atom is 0.329 e. The van der Waals surface area contributed by atoms with E-state index in [-0.39, 0.29) is 5.56 Å². The molecule has 2 fully saturated rings. The molecule has 0 unspecified atom stereocenters. The molecule has 7 nitrogen and oxygen atoms in total. The predicted octanol–water partition coefficient (Wildman–Crippen LogP) is 1.12. The highest BCUT2D eigenvalue weighted by Gasteiger charge is 2.40. The number of imidazole rings is 1. The number of aryl methyl sites for hydroxylation is 2. The molecule has 0 amide bonds. The summed E-state index contributed by atoms with van der Waals surface area (Å²) in [7, 11) is 3.50. The zero-order chi connectivity index (χ0) is 16.2. The molecule has 0 radical (unpaired) electrons. The van der Waals surface area contributed by atoms with E-state index in [2.05, 4.69) is 14.9 Å². The molecule has 4 rings (SSSR count). The van der Waals surface area contributed by atoms with Crippen molar-refractivity contribution in [3.63, 3.8) is 0 Å². The molecule has 124 valence electrons. The van der Waals surface area contributed by atoms with Gasteiger partial charge in [-0.15, -0.1) is 0 Å². The van der Waals surface area contributed by atoms with E-state index in [1.165, 1.54) is 43.1 Å². The third-order valence-corrected chi connectivity index (χ3v) is 5.75. The summed E-state index contributed by atoms with van der Waals surface area (Å²) in [6.07, 6.45) is 7.80. The first-order valence-corrected chi connectivity index (χ1v) is 8.41. The van der Waals surface area contributed by atoms with Gasteiger partial charge in [-0.1, -0.05) is 19.3 Å². The van der Waals surface area contributed by atoms with E-state index in [9.17, 15) is 9.59 Å². The minimum Gasteiger partial charge on any atom is -0.342 e. The fraction of sp³-hybridized carbons (Fsp3) is 0.688. The molecule has 2 aromatic heterocycles. The first-order chi connectivity index (χ1) is 11.0. The number of hydrogen-bond donors (Lipinski definition) is 1. The molecule has 2 aliphatic rings. The number of H-pyrrole nitrogens is 1. The minimum absolute atomic E-state index is 0.365. The topological polar surface area (TPSA) is 75.9 Å². The average molecular weight is 317 g/mol. The van der Waals surface area contributed by atoms with Crippen LogP contribution >= 0.6 is 0 Å². The standard InChI is InChI=1S/C16H23N5O2/c1-19-11-12(20(2)15(23)18-13(11)22)17-14(19)21-9-8-16(10-21)6-4-3-5-7-16/h3-10H2,1-2H3,(H,18,22,23). The average Bonchev–Trinajstić information content (AvgIpc) is 3.08. The molecule has 1 N–H and O–H groups in total. The summed E-state index contributed by atoms with van der Waals surface area (Å²) < 4.78 is 3.24. The number of aromatic amines is 1. The molecule has 1 saturated carbocycles. The van der Waals surface area contributed by atoms with Gasteiger partial charge in [-0.05, 0) is 24.7 Å². The Balaban J connectivity index is 1.77. The highest BCUT2D eigenvalue weighted by atomic mass is 16.2. The maximum atomic E-state index is 12.1. The van der Waals surface area contributed by atoms with Crippen LogP contribution in [0.4, 0.5) is 5.95 Å². The highest BCUT2D eigenvalue weighted by Crippen LogP contribution is 2.44. The van der Waals surface area contributed by atoms with E-state index in [4.69, 9.17) is 0 Å². The Kier molecular flexibility index (Phi) is 3.14. The Morgan fingerprint density at radius 3 is 2.52 bits per heavy atom. The molecule has 1 aliphatic heterocycles. The lowest BCUT2D eigenvalue weighted by molar-refractivity contribution is 0.218. The molecule has 3 heterocycles. The van der Waals surface area contributed by atoms with Crippen LogP contribution in [0.2, 0.25) is 0 Å². The van der Waals surface area contributed by atoms with Crippen LogP contribution in [-0.2, 0) is 14.1 Å². The van der Waals surface area contributed by atoms with E-state index in [0.29, 0.717) is 16.6 Å². The van der Waals surface area contributed by atoms with Crippen molar-refractivity contribution >= 4 is 17.1 Å². The summed E-state index contributed by atoms with van der Waals surface area (Å²) in [5.41, 5.74) is 0.565. The number of nitrogens with one attached hydrogen (secondary N) is 1. The van der Waals surface area contributed by atoms with Crippen LogP contribution in [0, 0.1) is 5.41 Å². The Labute approximate surface area is 133 Å². The second kappa shape index (κ2) is 4.97. The Hall–Kier alpha value is -2.05. The zero-order valence-electron chi connectivity index (χ0n) is 13.8. The predicted molar refractivity (Wildman–Crippen MR) is 88.9 cm³/mol. The van der Waals surface area contributed by atoms with Crippen molar-refractivity contribution in [3.8, 4) is 0 Å². The largest absolute Gasteiger partial charge is 0.342 e. The minimum atomic E-state index is -0.419. The molecular weight excluding hydrogens is 294 g/mol. The zero-order valence-corrected chi connectivity index (χ0v) is 13.8. The van der Waals surface area contributed by atoms with Gasteiger partial charge >= 0.3 is 5.69 Å². The normalized spacial score (nSPS) is 20.7. The Morgan fingerprint density at radius 1 is 1.04 bits per heavy atom. The summed E-state index contributed by atoms with van der Waals surface area (Å²) in [6.45, 7) is 1.99. The summed E-state index contributed by atoms with van der Waals surface area (Å²) in [5.74, 6) is 0.800. The lowest BCUT2D eigenvalue weighted by atomic mass is 9.73. The first kappa shape index (κ1) is 14.5. The fourth-order valence-corrected chi connectivity index (χ4v) is 4.40. The molecule has 7 heteroatoms. The summed E-state index contributed by atoms with van der Waals surface area (Å²) in [6, 6.07) is 0. The highest BCUT2D eigenvalue weighted by molar-refractivity contribution is 5.74. The smallest absolute Gasteiger partial charge is 0.329 e. The van der Waals surface area contributed by atoms with Crippen molar-refractivity contribution in [2.75, 3.05) is 18.0 Å². The van der Waals surface area contributed by atoms with Gasteiger partial charge in [0, 0.05) is 27.2 Å². The van der Waals surface area contributed by atoms with E-state index in [1.807, 2.05) is 11.6 Å². The number of hydrogen-bond acceptors (Lipinski definition) is 4. The molecule has 0 bridgehead atoms. The van der Waals surface area contributed by atoms with Crippen LogP contribution in [0.15, 0.2) is 9.59 Å². The van der Waals surface area contributed by atoms with Crippen LogP contribution in [0.1, 0.15) is 38.5 Å². The molecule has 1 saturated heterocycles. The van der Waals surface area contributed by atoms with Gasteiger partial charge < -0.3 is 9.47 Å². The third-order valence-electron chi connectivity index (χ3n) is 5.75. The van der Waals surface area contributed by atoms with Gasteiger partial charge in [0.2, 0.25) is 5.95 Å². The Morgan fingerprint density at radius 2 is 1.78 bits per heavy atom. The molecule has 1 aliphatic carbocycles. The van der Waals surface area contributed by atoms with Gasteiger partial charge in [0.05, 0.1) is 0 Å². The van der Waals surface area contributed by atoms with Gasteiger partial charge in [0.1, 0.15) is 0 Å². The van der Waals surface area contributed by atoms with E-state index in [0.717, 1.165) is 19.0 Å². The SMILES string of the molecule is Cn1c(N2CCC3(CCCCC3)C2)nc2c1c(=O)[nH]c(=O)n2C. The van der Waals surface area contributed by atoms with Crippen molar-refractivity contribution in [2.24, 2.45) is 19.5 Å². The first-order valence-electron chi connectivity index (χ1n) is 8.41. The maximum absolute atomic E-state index is 12.1. The van der Waals surface area contributed by atoms with Crippen LogP contribution in [0.3, 0.4) is 0 Å². The number of anilines is 1. The third kappa shape index (κ3) is 2.13. The van der Waals surface area contributed by atoms with Gasteiger partial charge in [0.25, 0.3) is 5.56 Å². The van der Waals surface area contributed by atoms with Crippen LogP contribution in [0.25, 0.3) is 11.2 Å². The molecule has 0 atom stereocenters. The lowest BCUT2D eigenvalue weighted by Crippen LogP contribution is -2.30. The fourth-order valence-electron chi connectivity index (χ4n) is 4.40. The van der Waals surface area contributed by atoms with Gasteiger partial charge in [0.15, 0.2) is 11.2 Å². The van der Waals surface area contributed by atoms with Crippen molar-refractivity contribution in [2.45, 2.75) is 38.5 Å². The van der Waals surface area contributed by atoms with Crippen molar-refractivity contribution in [3.05, 3.63) is 20.8 Å². The van der Waals surface area contributed by atoms with Crippen LogP contribution in [0.5, 0.6) is 0 Å². The second-order valence-corrected chi connectivity index (χ2v) is 7.19. The Bertz CT molecular complexity index is 869. The lowest BCUT2D eigenvalue weighted by Gasteiger charge is -2.33. The monoisotopic (exact) mass is 317 g/mol. The van der Waals surface area contributed by atoms with Crippen molar-refractivity contribution < 1.29 is 0 Å². The number of fused-ring (bicyclic) bond motifs is 1. The van der Waals surface area contributed by atoms with E-state index >= 15 is 0 Å². The molecule has 1 spiro atoms. The summed E-state index contributed by atoms with van der Waals surface area (Å²) >= 11 is 0. The number of nitrogens with zero attached hydrogens (tertiary/aromatic N) is 4. The van der Waals surface area contributed by atoms with E-state index < -0.39 is 5.69 Å². The van der Waals surface area contributed by atoms with Gasteiger partial charge in [-0.3, -0.25) is 14.3 Å². The molecule has 23 heavy (non-hydrogen) atoms. The summed E-state index contributed by atoms with van der Waals surface area (Å²) in [5, 5.41) is 0. The number of aromatic nitrogens is 4.